The van der Waals surface area contributed by atoms with Gasteiger partial charge in [-0.2, -0.15) is 0 Å². The Morgan fingerprint density at radius 1 is 1.32 bits per heavy atom. The molecule has 2 aliphatic heterocycles. The van der Waals surface area contributed by atoms with Crippen LogP contribution in [0.1, 0.15) is 18.4 Å². The molecular formula is C16H21FN2O3. The van der Waals surface area contributed by atoms with Gasteiger partial charge in [0.25, 0.3) is 5.91 Å². The molecule has 1 atom stereocenters. The highest BCUT2D eigenvalue weighted by atomic mass is 19.1. The number of benzene rings is 1. The number of piperidine rings is 1. The van der Waals surface area contributed by atoms with E-state index in [-0.39, 0.29) is 30.9 Å². The second-order valence-electron chi connectivity index (χ2n) is 6.30. The summed E-state index contributed by atoms with van der Waals surface area (Å²) in [5, 5.41) is 20.0. The van der Waals surface area contributed by atoms with Crippen LogP contribution in [-0.4, -0.2) is 63.8 Å². The first-order chi connectivity index (χ1) is 10.5. The molecule has 2 heterocycles. The monoisotopic (exact) mass is 308 g/mol. The molecule has 120 valence electrons. The normalized spacial score (nSPS) is 27.0. The molecule has 2 N–H and O–H groups in total. The summed E-state index contributed by atoms with van der Waals surface area (Å²) < 4.78 is 13.7. The van der Waals surface area contributed by atoms with Gasteiger partial charge in [-0.3, -0.25) is 9.69 Å². The molecule has 0 spiro atoms. The van der Waals surface area contributed by atoms with E-state index >= 15 is 0 Å². The van der Waals surface area contributed by atoms with Crippen LogP contribution >= 0.6 is 0 Å². The third-order valence-corrected chi connectivity index (χ3v) is 4.45. The Morgan fingerprint density at radius 2 is 2.05 bits per heavy atom. The highest BCUT2D eigenvalue weighted by Crippen LogP contribution is 2.27. The number of likely N-dealkylation sites (tertiary alicyclic amines) is 2. The highest BCUT2D eigenvalue weighted by Gasteiger charge is 2.45. The molecule has 1 aromatic rings. The molecule has 1 aromatic carbocycles. The van der Waals surface area contributed by atoms with Crippen molar-refractivity contribution in [2.24, 2.45) is 0 Å². The molecule has 22 heavy (non-hydrogen) atoms. The summed E-state index contributed by atoms with van der Waals surface area (Å²) >= 11 is 0. The van der Waals surface area contributed by atoms with E-state index in [9.17, 15) is 19.4 Å². The van der Waals surface area contributed by atoms with Crippen LogP contribution in [0.2, 0.25) is 0 Å². The number of rotatable bonds is 4. The lowest BCUT2D eigenvalue weighted by Gasteiger charge is -2.44. The van der Waals surface area contributed by atoms with Gasteiger partial charge in [0.15, 0.2) is 5.60 Å². The lowest BCUT2D eigenvalue weighted by molar-refractivity contribution is -0.163. The summed E-state index contributed by atoms with van der Waals surface area (Å²) in [5.74, 6) is -0.682. The van der Waals surface area contributed by atoms with Crippen LogP contribution in [0.3, 0.4) is 0 Å². The van der Waals surface area contributed by atoms with E-state index < -0.39 is 5.60 Å². The number of halogens is 1. The Bertz CT molecular complexity index is 562. The van der Waals surface area contributed by atoms with E-state index in [2.05, 4.69) is 0 Å². The number of hydrogen-bond donors (Lipinski definition) is 2. The summed E-state index contributed by atoms with van der Waals surface area (Å²) in [5.41, 5.74) is -0.969. The fraction of sp³-hybridized carbons (Fsp3) is 0.562. The van der Waals surface area contributed by atoms with Crippen LogP contribution in [-0.2, 0) is 11.3 Å². The van der Waals surface area contributed by atoms with Crippen LogP contribution in [0.25, 0.3) is 0 Å². The highest BCUT2D eigenvalue weighted by molar-refractivity contribution is 5.86. The predicted octanol–water partition coefficient (Wildman–Crippen LogP) is 0.356. The third-order valence-electron chi connectivity index (χ3n) is 4.45. The van der Waals surface area contributed by atoms with Crippen molar-refractivity contribution in [1.29, 1.82) is 0 Å². The van der Waals surface area contributed by atoms with Crippen molar-refractivity contribution in [2.75, 3.05) is 26.2 Å². The molecule has 1 unspecified atom stereocenters. The van der Waals surface area contributed by atoms with E-state index in [0.29, 0.717) is 38.0 Å². The van der Waals surface area contributed by atoms with Gasteiger partial charge in [0.05, 0.1) is 6.10 Å². The maximum Gasteiger partial charge on any atom is 0.256 e. The van der Waals surface area contributed by atoms with E-state index in [1.807, 2.05) is 4.90 Å². The van der Waals surface area contributed by atoms with E-state index in [1.54, 1.807) is 18.2 Å². The smallest absolute Gasteiger partial charge is 0.256 e. The van der Waals surface area contributed by atoms with E-state index in [1.165, 1.54) is 11.0 Å². The van der Waals surface area contributed by atoms with Crippen molar-refractivity contribution < 1.29 is 19.4 Å². The maximum atomic E-state index is 13.7. The first-order valence-corrected chi connectivity index (χ1v) is 7.63. The lowest BCUT2D eigenvalue weighted by Crippen LogP contribution is -2.62. The van der Waals surface area contributed by atoms with Crippen LogP contribution in [0.5, 0.6) is 0 Å². The van der Waals surface area contributed by atoms with Gasteiger partial charge in [0, 0.05) is 38.3 Å². The molecule has 0 aliphatic carbocycles. The molecule has 1 amide bonds. The zero-order valence-electron chi connectivity index (χ0n) is 12.4. The number of amides is 1. The topological polar surface area (TPSA) is 64.0 Å². The number of carbonyl (C=O) groups excluding carboxylic acids is 1. The molecule has 0 bridgehead atoms. The molecule has 0 radical (unpaired) electrons. The van der Waals surface area contributed by atoms with Crippen LogP contribution in [0.4, 0.5) is 4.39 Å². The van der Waals surface area contributed by atoms with E-state index in [4.69, 9.17) is 0 Å². The second kappa shape index (κ2) is 5.95. The Kier molecular flexibility index (Phi) is 4.16. The molecule has 0 aromatic heterocycles. The molecule has 3 rings (SSSR count). The minimum Gasteiger partial charge on any atom is -0.390 e. The van der Waals surface area contributed by atoms with Gasteiger partial charge < -0.3 is 15.1 Å². The van der Waals surface area contributed by atoms with Crippen LogP contribution in [0.15, 0.2) is 24.3 Å². The molecule has 2 aliphatic rings. The molecule has 2 saturated heterocycles. The SMILES string of the molecule is O=C1N(Cc2ccccc2F)CCCC1(O)CN1CC(O)C1. The number of β-amino-alcohol motifs (C(OH)–C–C–N with tert-alkyl or cyclic N) is 2. The van der Waals surface area contributed by atoms with Crippen molar-refractivity contribution in [3.63, 3.8) is 0 Å². The third kappa shape index (κ3) is 2.99. The average Bonchev–Trinajstić information content (AvgIpc) is 2.45. The van der Waals surface area contributed by atoms with Gasteiger partial charge in [0.1, 0.15) is 5.82 Å². The fourth-order valence-electron chi connectivity index (χ4n) is 3.24. The predicted molar refractivity (Wildman–Crippen MR) is 78.4 cm³/mol. The van der Waals surface area contributed by atoms with Gasteiger partial charge in [-0.15, -0.1) is 0 Å². The minimum atomic E-state index is -1.43. The number of aliphatic hydroxyl groups is 2. The summed E-state index contributed by atoms with van der Waals surface area (Å²) in [6.07, 6.45) is 0.732. The van der Waals surface area contributed by atoms with Crippen molar-refractivity contribution in [1.82, 2.24) is 9.80 Å². The molecule has 5 nitrogen and oxygen atoms in total. The van der Waals surface area contributed by atoms with Gasteiger partial charge in [-0.25, -0.2) is 4.39 Å². The molecule has 0 saturated carbocycles. The summed E-state index contributed by atoms with van der Waals surface area (Å²) in [4.78, 5) is 16.0. The van der Waals surface area contributed by atoms with Crippen LogP contribution < -0.4 is 0 Å². The van der Waals surface area contributed by atoms with Gasteiger partial charge in [0.2, 0.25) is 0 Å². The second-order valence-corrected chi connectivity index (χ2v) is 6.30. The molecule has 2 fully saturated rings. The molecular weight excluding hydrogens is 287 g/mol. The summed E-state index contributed by atoms with van der Waals surface area (Å²) in [6, 6.07) is 6.38. The number of aliphatic hydroxyl groups excluding tert-OH is 1. The lowest BCUT2D eigenvalue weighted by atomic mass is 9.89. The number of nitrogens with zero attached hydrogens (tertiary/aromatic N) is 2. The zero-order valence-corrected chi connectivity index (χ0v) is 12.4. The van der Waals surface area contributed by atoms with Gasteiger partial charge >= 0.3 is 0 Å². The number of hydrogen-bond acceptors (Lipinski definition) is 4. The Balaban J connectivity index is 1.68. The maximum absolute atomic E-state index is 13.7. The minimum absolute atomic E-state index is 0.177. The largest absolute Gasteiger partial charge is 0.390 e. The van der Waals surface area contributed by atoms with Crippen molar-refractivity contribution in [2.45, 2.75) is 31.1 Å². The van der Waals surface area contributed by atoms with Crippen molar-refractivity contribution >= 4 is 5.91 Å². The number of carbonyl (C=O) groups is 1. The Hall–Kier alpha value is -1.50. The van der Waals surface area contributed by atoms with Crippen LogP contribution in [0, 0.1) is 5.82 Å². The quantitative estimate of drug-likeness (QED) is 0.843. The first-order valence-electron chi connectivity index (χ1n) is 7.63. The Morgan fingerprint density at radius 3 is 2.73 bits per heavy atom. The van der Waals surface area contributed by atoms with Crippen molar-refractivity contribution in [3.05, 3.63) is 35.6 Å². The standard InChI is InChI=1S/C16H21FN2O3/c17-14-5-2-1-4-12(14)8-19-7-3-6-16(22,15(19)21)11-18-9-13(20)10-18/h1-2,4-5,13,20,22H,3,6-11H2. The zero-order chi connectivity index (χ0) is 15.7. The van der Waals surface area contributed by atoms with Gasteiger partial charge in [-0.05, 0) is 18.9 Å². The molecule has 6 heteroatoms. The van der Waals surface area contributed by atoms with Crippen molar-refractivity contribution in [3.8, 4) is 0 Å². The van der Waals surface area contributed by atoms with Gasteiger partial charge in [-0.1, -0.05) is 18.2 Å². The summed E-state index contributed by atoms with van der Waals surface area (Å²) in [7, 11) is 0. The average molecular weight is 308 g/mol. The first kappa shape index (κ1) is 15.4. The summed E-state index contributed by atoms with van der Waals surface area (Å²) in [6.45, 7) is 1.91. The fourth-order valence-corrected chi connectivity index (χ4v) is 3.24. The Labute approximate surface area is 129 Å². The van der Waals surface area contributed by atoms with E-state index in [0.717, 1.165) is 0 Å².